The van der Waals surface area contributed by atoms with Gasteiger partial charge in [-0.2, -0.15) is 0 Å². The minimum Gasteiger partial charge on any atom is -0.460 e. The summed E-state index contributed by atoms with van der Waals surface area (Å²) in [5.41, 5.74) is 1.04. The zero-order valence-corrected chi connectivity index (χ0v) is 19.4. The topological polar surface area (TPSA) is 119 Å². The van der Waals surface area contributed by atoms with Gasteiger partial charge in [-0.15, -0.1) is 12.6 Å². The Morgan fingerprint density at radius 2 is 1.59 bits per heavy atom. The standard InChI is InChI=1S/C13H13NO4S.C9H10O3S/c1-8(14-18-9(2)15)12(16)10-6-4-5-7-11(10)13(17)19-3;10-5-6-12-9(11)7-1-3-8(13)4-2-7/h4-7H,1-3H3;1-4,10,13H,5-6H2/b14-8+;. The van der Waals surface area contributed by atoms with E-state index in [1.165, 1.54) is 13.8 Å². The molecule has 1 N–H and O–H groups in total. The van der Waals surface area contributed by atoms with E-state index in [0.717, 1.165) is 16.7 Å². The highest BCUT2D eigenvalue weighted by atomic mass is 32.2. The molecule has 0 amide bonds. The van der Waals surface area contributed by atoms with Crippen molar-refractivity contribution in [2.24, 2.45) is 5.16 Å². The largest absolute Gasteiger partial charge is 0.460 e. The number of hydrogen-bond donors (Lipinski definition) is 2. The van der Waals surface area contributed by atoms with Crippen LogP contribution in [-0.4, -0.2) is 53.1 Å². The number of nitrogens with zero attached hydrogens (tertiary/aromatic N) is 1. The summed E-state index contributed by atoms with van der Waals surface area (Å²) in [6, 6.07) is 13.1. The van der Waals surface area contributed by atoms with Crippen LogP contribution in [0.4, 0.5) is 0 Å². The summed E-state index contributed by atoms with van der Waals surface area (Å²) in [6.45, 7) is 2.48. The van der Waals surface area contributed by atoms with Crippen molar-refractivity contribution < 1.29 is 33.9 Å². The van der Waals surface area contributed by atoms with Crippen LogP contribution in [0, 0.1) is 0 Å². The number of oxime groups is 1. The molecule has 0 unspecified atom stereocenters. The van der Waals surface area contributed by atoms with Crippen LogP contribution >= 0.6 is 24.4 Å². The Kier molecular flexibility index (Phi) is 12.0. The van der Waals surface area contributed by atoms with E-state index in [-0.39, 0.29) is 29.6 Å². The molecule has 2 aromatic carbocycles. The second-order valence-electron chi connectivity index (χ2n) is 6.03. The lowest BCUT2D eigenvalue weighted by Gasteiger charge is -2.05. The van der Waals surface area contributed by atoms with Gasteiger partial charge in [-0.3, -0.25) is 9.59 Å². The van der Waals surface area contributed by atoms with E-state index in [2.05, 4.69) is 22.6 Å². The number of aliphatic hydroxyl groups is 1. The normalized spacial score (nSPS) is 10.5. The van der Waals surface area contributed by atoms with E-state index < -0.39 is 17.7 Å². The first-order chi connectivity index (χ1) is 15.2. The number of benzene rings is 2. The van der Waals surface area contributed by atoms with Crippen molar-refractivity contribution in [3.8, 4) is 0 Å². The minimum absolute atomic E-state index is 0.0107. The van der Waals surface area contributed by atoms with Gasteiger partial charge in [-0.05, 0) is 43.5 Å². The van der Waals surface area contributed by atoms with Crippen molar-refractivity contribution in [3.63, 3.8) is 0 Å². The molecule has 0 radical (unpaired) electrons. The average molecular weight is 478 g/mol. The lowest BCUT2D eigenvalue weighted by atomic mass is 10.0. The number of aliphatic hydroxyl groups excluding tert-OH is 1. The van der Waals surface area contributed by atoms with Gasteiger partial charge in [0, 0.05) is 22.9 Å². The molecule has 0 aliphatic rings. The lowest BCUT2D eigenvalue weighted by molar-refractivity contribution is -0.140. The summed E-state index contributed by atoms with van der Waals surface area (Å²) in [6.07, 6.45) is 1.64. The molecule has 0 bridgehead atoms. The highest BCUT2D eigenvalue weighted by molar-refractivity contribution is 8.13. The van der Waals surface area contributed by atoms with Gasteiger partial charge in [-0.25, -0.2) is 9.59 Å². The number of hydrogen-bond acceptors (Lipinski definition) is 10. The minimum atomic E-state index is -0.611. The Morgan fingerprint density at radius 3 is 2.12 bits per heavy atom. The van der Waals surface area contributed by atoms with E-state index in [0.29, 0.717) is 11.1 Å². The second kappa shape index (κ2) is 14.2. The van der Waals surface area contributed by atoms with Crippen molar-refractivity contribution >= 4 is 52.9 Å². The van der Waals surface area contributed by atoms with E-state index in [1.54, 1.807) is 54.8 Å². The number of esters is 1. The predicted octanol–water partition coefficient (Wildman–Crippen LogP) is 3.44. The van der Waals surface area contributed by atoms with Gasteiger partial charge in [0.25, 0.3) is 0 Å². The molecular weight excluding hydrogens is 454 g/mol. The molecule has 0 aliphatic carbocycles. The summed E-state index contributed by atoms with van der Waals surface area (Å²) < 4.78 is 4.70. The van der Waals surface area contributed by atoms with Crippen LogP contribution < -0.4 is 0 Å². The fraction of sp³-hybridized carbons (Fsp3) is 0.227. The maximum absolute atomic E-state index is 12.1. The first kappa shape index (κ1) is 27.1. The molecule has 170 valence electrons. The quantitative estimate of drug-likeness (QED) is 0.155. The maximum atomic E-state index is 12.1. The van der Waals surface area contributed by atoms with E-state index in [1.807, 2.05) is 0 Å². The summed E-state index contributed by atoms with van der Waals surface area (Å²) in [4.78, 5) is 50.8. The Hall–Kier alpha value is -2.95. The molecule has 2 aromatic rings. The molecule has 0 spiro atoms. The third-order valence-electron chi connectivity index (χ3n) is 3.64. The highest BCUT2D eigenvalue weighted by Gasteiger charge is 2.18. The van der Waals surface area contributed by atoms with E-state index in [4.69, 9.17) is 9.84 Å². The Bertz CT molecular complexity index is 988. The van der Waals surface area contributed by atoms with Crippen molar-refractivity contribution in [1.82, 2.24) is 0 Å². The fourth-order valence-corrected chi connectivity index (χ4v) is 2.70. The average Bonchev–Trinajstić information content (AvgIpc) is 2.80. The fourth-order valence-electron chi connectivity index (χ4n) is 2.16. The van der Waals surface area contributed by atoms with Crippen molar-refractivity contribution in [3.05, 3.63) is 65.2 Å². The lowest BCUT2D eigenvalue weighted by Crippen LogP contribution is -2.15. The molecule has 8 nitrogen and oxygen atoms in total. The molecule has 32 heavy (non-hydrogen) atoms. The summed E-state index contributed by atoms with van der Waals surface area (Å²) in [5, 5.41) is 11.6. The molecule has 0 atom stereocenters. The molecule has 0 aromatic heterocycles. The Balaban J connectivity index is 0.000000343. The van der Waals surface area contributed by atoms with Crippen LogP contribution in [0.2, 0.25) is 0 Å². The number of rotatable bonds is 7. The first-order valence-corrected chi connectivity index (χ1v) is 10.9. The van der Waals surface area contributed by atoms with E-state index in [9.17, 15) is 19.2 Å². The molecule has 0 saturated heterocycles. The molecule has 0 saturated carbocycles. The van der Waals surface area contributed by atoms with Crippen molar-refractivity contribution in [2.45, 2.75) is 18.7 Å². The summed E-state index contributed by atoms with van der Waals surface area (Å²) in [5.74, 6) is -1.48. The number of thioether (sulfide) groups is 1. The van der Waals surface area contributed by atoms with Gasteiger partial charge in [0.2, 0.25) is 10.9 Å². The number of Topliss-reactive ketones (excluding diaryl/α,β-unsaturated/α-hetero) is 1. The maximum Gasteiger partial charge on any atom is 0.338 e. The van der Waals surface area contributed by atoms with Crippen molar-refractivity contribution in [2.75, 3.05) is 19.5 Å². The van der Waals surface area contributed by atoms with Gasteiger partial charge in [-0.1, -0.05) is 35.1 Å². The first-order valence-electron chi connectivity index (χ1n) is 9.22. The third-order valence-corrected chi connectivity index (χ3v) is 4.53. The smallest absolute Gasteiger partial charge is 0.338 e. The predicted molar refractivity (Wildman–Crippen MR) is 125 cm³/mol. The Morgan fingerprint density at radius 1 is 1.00 bits per heavy atom. The zero-order chi connectivity index (χ0) is 24.1. The third kappa shape index (κ3) is 9.04. The van der Waals surface area contributed by atoms with Gasteiger partial charge < -0.3 is 14.7 Å². The molecule has 0 aliphatic heterocycles. The van der Waals surface area contributed by atoms with Crippen LogP contribution in [0.1, 0.15) is 44.9 Å². The molecular formula is C22H23NO7S2. The van der Waals surface area contributed by atoms with E-state index >= 15 is 0 Å². The number of ketones is 1. The monoisotopic (exact) mass is 477 g/mol. The van der Waals surface area contributed by atoms with Crippen LogP contribution in [0.25, 0.3) is 0 Å². The zero-order valence-electron chi connectivity index (χ0n) is 17.7. The van der Waals surface area contributed by atoms with Gasteiger partial charge in [0.05, 0.1) is 12.2 Å². The van der Waals surface area contributed by atoms with Gasteiger partial charge in [0.15, 0.2) is 0 Å². The van der Waals surface area contributed by atoms with Gasteiger partial charge in [0.1, 0.15) is 12.3 Å². The van der Waals surface area contributed by atoms with Crippen molar-refractivity contribution in [1.29, 1.82) is 0 Å². The molecule has 10 heteroatoms. The molecule has 2 rings (SSSR count). The second-order valence-corrected chi connectivity index (χ2v) is 7.33. The van der Waals surface area contributed by atoms with Crippen LogP contribution in [-0.2, 0) is 14.4 Å². The SMILES string of the molecule is CSC(=O)c1ccccc1C(=O)/C(C)=N/OC(C)=O.O=C(OCCO)c1ccc(S)cc1. The summed E-state index contributed by atoms with van der Waals surface area (Å²) >= 11 is 5.10. The van der Waals surface area contributed by atoms with Gasteiger partial charge >= 0.3 is 11.9 Å². The molecule has 0 heterocycles. The highest BCUT2D eigenvalue weighted by Crippen LogP contribution is 2.16. The van der Waals surface area contributed by atoms with Crippen LogP contribution in [0.3, 0.4) is 0 Å². The Labute approximate surface area is 195 Å². The number of carbonyl (C=O) groups excluding carboxylic acids is 4. The van der Waals surface area contributed by atoms with Crippen LogP contribution in [0.15, 0.2) is 58.6 Å². The van der Waals surface area contributed by atoms with Crippen LogP contribution in [0.5, 0.6) is 0 Å². The number of thiol groups is 1. The summed E-state index contributed by atoms with van der Waals surface area (Å²) in [7, 11) is 0. The molecule has 0 fully saturated rings. The number of ether oxygens (including phenoxy) is 1. The number of carbonyl (C=O) groups is 4.